The molecule has 0 bridgehead atoms. The van der Waals surface area contributed by atoms with Crippen LogP contribution in [0.1, 0.15) is 29.6 Å². The molecule has 29 heavy (non-hydrogen) atoms. The molecular formula is C19H22N4O4S2. The Kier molecular flexibility index (Phi) is 6.65. The van der Waals surface area contributed by atoms with Gasteiger partial charge in [-0.15, -0.1) is 4.40 Å². The maximum atomic E-state index is 12.6. The monoisotopic (exact) mass is 434 g/mol. The van der Waals surface area contributed by atoms with E-state index in [-0.39, 0.29) is 29.7 Å². The van der Waals surface area contributed by atoms with Crippen LogP contribution < -0.4 is 10.6 Å². The predicted octanol–water partition coefficient (Wildman–Crippen LogP) is 2.32. The van der Waals surface area contributed by atoms with Gasteiger partial charge in [-0.25, -0.2) is 0 Å². The van der Waals surface area contributed by atoms with Crippen molar-refractivity contribution in [3.8, 4) is 0 Å². The van der Waals surface area contributed by atoms with Crippen LogP contribution in [0, 0.1) is 0 Å². The molecule has 2 N–H and O–H groups in total. The highest BCUT2D eigenvalue weighted by Crippen LogP contribution is 2.20. The molecule has 154 valence electrons. The second-order valence-corrected chi connectivity index (χ2v) is 8.99. The van der Waals surface area contributed by atoms with Crippen molar-refractivity contribution in [1.29, 1.82) is 0 Å². The van der Waals surface area contributed by atoms with E-state index in [1.54, 1.807) is 29.0 Å². The van der Waals surface area contributed by atoms with Gasteiger partial charge in [0.25, 0.3) is 15.9 Å². The molecule has 1 saturated heterocycles. The standard InChI is InChI=1S/C19H22N4O4S2/c1-23-10-3-6-17(23)22-29(26,27)16-5-2-4-15(12-16)21-18(24)7-9-20-19(25)14-8-11-28-13-14/h2,4-5,8,11-13H,3,6-7,9-10H2,1H3,(H,20,25)(H,21,24). The number of carbonyl (C=O) groups excluding carboxylic acids is 2. The van der Waals surface area contributed by atoms with Crippen molar-refractivity contribution < 1.29 is 18.0 Å². The lowest BCUT2D eigenvalue weighted by Crippen LogP contribution is -2.27. The third-order valence-electron chi connectivity index (χ3n) is 4.40. The minimum Gasteiger partial charge on any atom is -0.362 e. The number of thiophene rings is 1. The van der Waals surface area contributed by atoms with Gasteiger partial charge < -0.3 is 15.5 Å². The van der Waals surface area contributed by atoms with Crippen molar-refractivity contribution in [3.05, 3.63) is 46.7 Å². The van der Waals surface area contributed by atoms with E-state index >= 15 is 0 Å². The Morgan fingerprint density at radius 1 is 1.28 bits per heavy atom. The molecule has 1 aromatic carbocycles. The van der Waals surface area contributed by atoms with Gasteiger partial charge in [0.1, 0.15) is 5.84 Å². The molecule has 2 amide bonds. The second-order valence-electron chi connectivity index (χ2n) is 6.60. The second kappa shape index (κ2) is 9.19. The molecule has 0 saturated carbocycles. The average Bonchev–Trinajstić information content (AvgIpc) is 3.34. The lowest BCUT2D eigenvalue weighted by atomic mass is 10.3. The van der Waals surface area contributed by atoms with E-state index < -0.39 is 10.0 Å². The van der Waals surface area contributed by atoms with Gasteiger partial charge in [-0.2, -0.15) is 19.8 Å². The molecule has 0 radical (unpaired) electrons. The van der Waals surface area contributed by atoms with Crippen molar-refractivity contribution in [2.45, 2.75) is 24.2 Å². The van der Waals surface area contributed by atoms with E-state index in [0.29, 0.717) is 23.5 Å². The maximum absolute atomic E-state index is 12.6. The molecular weight excluding hydrogens is 412 g/mol. The largest absolute Gasteiger partial charge is 0.362 e. The molecule has 0 aliphatic carbocycles. The zero-order chi connectivity index (χ0) is 20.9. The summed E-state index contributed by atoms with van der Waals surface area (Å²) < 4.78 is 29.0. The predicted molar refractivity (Wildman–Crippen MR) is 113 cm³/mol. The quantitative estimate of drug-likeness (QED) is 0.695. The summed E-state index contributed by atoms with van der Waals surface area (Å²) in [6, 6.07) is 7.70. The molecule has 0 atom stereocenters. The van der Waals surface area contributed by atoms with E-state index in [2.05, 4.69) is 15.0 Å². The first-order chi connectivity index (χ1) is 13.8. The van der Waals surface area contributed by atoms with Gasteiger partial charge in [-0.05, 0) is 36.1 Å². The van der Waals surface area contributed by atoms with E-state index in [4.69, 9.17) is 0 Å². The van der Waals surface area contributed by atoms with Crippen LogP contribution in [-0.4, -0.2) is 51.1 Å². The highest BCUT2D eigenvalue weighted by Gasteiger charge is 2.20. The third-order valence-corrected chi connectivity index (χ3v) is 6.38. The number of carbonyl (C=O) groups is 2. The summed E-state index contributed by atoms with van der Waals surface area (Å²) in [5.74, 6) is -0.0176. The van der Waals surface area contributed by atoms with Crippen molar-refractivity contribution in [2.75, 3.05) is 25.5 Å². The Labute approximate surface area is 173 Å². The lowest BCUT2D eigenvalue weighted by Gasteiger charge is -2.11. The summed E-state index contributed by atoms with van der Waals surface area (Å²) in [6.07, 6.45) is 1.58. The molecule has 1 aliphatic rings. The number of rotatable bonds is 7. The van der Waals surface area contributed by atoms with Crippen molar-refractivity contribution >= 4 is 44.7 Å². The van der Waals surface area contributed by atoms with Crippen LogP contribution in [0.25, 0.3) is 0 Å². The molecule has 3 rings (SSSR count). The number of amides is 2. The van der Waals surface area contributed by atoms with Gasteiger partial charge in [0.05, 0.1) is 4.90 Å². The van der Waals surface area contributed by atoms with E-state index in [9.17, 15) is 18.0 Å². The summed E-state index contributed by atoms with van der Waals surface area (Å²) in [7, 11) is -2.03. The van der Waals surface area contributed by atoms with Gasteiger partial charge in [-0.3, -0.25) is 9.59 Å². The fourth-order valence-electron chi connectivity index (χ4n) is 2.84. The van der Waals surface area contributed by atoms with Crippen molar-refractivity contribution in [2.24, 2.45) is 4.40 Å². The van der Waals surface area contributed by atoms with E-state index in [0.717, 1.165) is 13.0 Å². The SMILES string of the molecule is CN1CCCC1=NS(=O)(=O)c1cccc(NC(=O)CCNC(=O)c2ccsc2)c1. The minimum atomic E-state index is -3.85. The van der Waals surface area contributed by atoms with Gasteiger partial charge in [0, 0.05) is 49.6 Å². The third kappa shape index (κ3) is 5.64. The summed E-state index contributed by atoms with van der Waals surface area (Å²) in [6.45, 7) is 0.964. The number of hydrogen-bond donors (Lipinski definition) is 2. The Morgan fingerprint density at radius 3 is 2.79 bits per heavy atom. The average molecular weight is 435 g/mol. The molecule has 1 aliphatic heterocycles. The number of hydrogen-bond acceptors (Lipinski definition) is 5. The van der Waals surface area contributed by atoms with Gasteiger partial charge >= 0.3 is 0 Å². The number of nitrogens with zero attached hydrogens (tertiary/aromatic N) is 2. The first kappa shape index (κ1) is 21.0. The van der Waals surface area contributed by atoms with Crippen LogP contribution in [0.15, 0.2) is 50.4 Å². The molecule has 0 unspecified atom stereocenters. The Morgan fingerprint density at radius 2 is 2.10 bits per heavy atom. The van der Waals surface area contributed by atoms with Crippen molar-refractivity contribution in [3.63, 3.8) is 0 Å². The number of sulfonamides is 1. The minimum absolute atomic E-state index is 0.0221. The molecule has 2 aromatic rings. The zero-order valence-electron chi connectivity index (χ0n) is 15.9. The highest BCUT2D eigenvalue weighted by atomic mass is 32.2. The van der Waals surface area contributed by atoms with Gasteiger partial charge in [-0.1, -0.05) is 6.07 Å². The number of amidine groups is 1. The summed E-state index contributed by atoms with van der Waals surface area (Å²) in [4.78, 5) is 25.8. The van der Waals surface area contributed by atoms with E-state index in [1.165, 1.54) is 23.5 Å². The topological polar surface area (TPSA) is 108 Å². The fourth-order valence-corrected chi connectivity index (χ4v) is 4.62. The highest BCUT2D eigenvalue weighted by molar-refractivity contribution is 7.90. The first-order valence-corrected chi connectivity index (χ1v) is 11.5. The molecule has 8 nitrogen and oxygen atoms in total. The number of benzene rings is 1. The van der Waals surface area contributed by atoms with Crippen LogP contribution in [0.2, 0.25) is 0 Å². The van der Waals surface area contributed by atoms with Crippen LogP contribution in [0.3, 0.4) is 0 Å². The number of likely N-dealkylation sites (tertiary alicyclic amines) is 1. The number of nitrogens with one attached hydrogen (secondary N) is 2. The molecule has 2 heterocycles. The summed E-state index contributed by atoms with van der Waals surface area (Å²) in [5.41, 5.74) is 0.919. The first-order valence-electron chi connectivity index (χ1n) is 9.10. The molecule has 10 heteroatoms. The summed E-state index contributed by atoms with van der Waals surface area (Å²) >= 11 is 1.42. The molecule has 1 aromatic heterocycles. The normalized spacial score (nSPS) is 15.5. The zero-order valence-corrected chi connectivity index (χ0v) is 17.6. The van der Waals surface area contributed by atoms with E-state index in [1.807, 2.05) is 11.9 Å². The van der Waals surface area contributed by atoms with Gasteiger partial charge in [0.15, 0.2) is 0 Å². The summed E-state index contributed by atoms with van der Waals surface area (Å²) in [5, 5.41) is 8.86. The Bertz CT molecular complexity index is 1020. The van der Waals surface area contributed by atoms with Crippen molar-refractivity contribution in [1.82, 2.24) is 10.2 Å². The Balaban J connectivity index is 1.58. The Hall–Kier alpha value is -2.72. The van der Waals surface area contributed by atoms with Gasteiger partial charge in [0.2, 0.25) is 5.91 Å². The van der Waals surface area contributed by atoms with Crippen LogP contribution >= 0.6 is 11.3 Å². The lowest BCUT2D eigenvalue weighted by molar-refractivity contribution is -0.116. The van der Waals surface area contributed by atoms with Crippen LogP contribution in [-0.2, 0) is 14.8 Å². The molecule has 1 fully saturated rings. The molecule has 0 spiro atoms. The fraction of sp³-hybridized carbons (Fsp3) is 0.316. The van der Waals surface area contributed by atoms with Crippen LogP contribution in [0.5, 0.6) is 0 Å². The maximum Gasteiger partial charge on any atom is 0.284 e. The number of anilines is 1. The van der Waals surface area contributed by atoms with Crippen LogP contribution in [0.4, 0.5) is 5.69 Å². The smallest absolute Gasteiger partial charge is 0.284 e.